The van der Waals surface area contributed by atoms with Gasteiger partial charge in [0.2, 0.25) is 0 Å². The monoisotopic (exact) mass is 187 g/mol. The standard InChI is InChI=1S/C10H21NO2/c1-8(2)11(9(3)4)6-7-13-10(5)12/h8-9H,6-7H2,1-5H3. The summed E-state index contributed by atoms with van der Waals surface area (Å²) in [6, 6.07) is 0.992. The van der Waals surface area contributed by atoms with Gasteiger partial charge in [-0.15, -0.1) is 0 Å². The zero-order valence-corrected chi connectivity index (χ0v) is 9.33. The number of ether oxygens (including phenoxy) is 1. The number of carbonyl (C=O) groups is 1. The number of esters is 1. The van der Waals surface area contributed by atoms with Gasteiger partial charge in [0.15, 0.2) is 0 Å². The molecule has 0 saturated heterocycles. The average Bonchev–Trinajstić information content (AvgIpc) is 1.95. The topological polar surface area (TPSA) is 29.5 Å². The molecule has 13 heavy (non-hydrogen) atoms. The van der Waals surface area contributed by atoms with E-state index in [1.807, 2.05) is 0 Å². The lowest BCUT2D eigenvalue weighted by Crippen LogP contribution is -2.39. The molecule has 78 valence electrons. The maximum absolute atomic E-state index is 10.5. The van der Waals surface area contributed by atoms with E-state index in [-0.39, 0.29) is 5.97 Å². The molecule has 0 spiro atoms. The highest BCUT2D eigenvalue weighted by Crippen LogP contribution is 2.03. The van der Waals surface area contributed by atoms with Crippen molar-refractivity contribution in [2.75, 3.05) is 13.2 Å². The van der Waals surface area contributed by atoms with Crippen LogP contribution in [0.4, 0.5) is 0 Å². The second-order valence-corrected chi connectivity index (χ2v) is 3.77. The van der Waals surface area contributed by atoms with Crippen LogP contribution < -0.4 is 0 Å². The Morgan fingerprint density at radius 3 is 2.00 bits per heavy atom. The van der Waals surface area contributed by atoms with Crippen LogP contribution in [0, 0.1) is 0 Å². The van der Waals surface area contributed by atoms with Gasteiger partial charge in [0.1, 0.15) is 6.61 Å². The summed E-state index contributed by atoms with van der Waals surface area (Å²) in [6.45, 7) is 11.3. The molecule has 0 saturated carbocycles. The third-order valence-corrected chi connectivity index (χ3v) is 1.98. The number of hydrogen-bond donors (Lipinski definition) is 0. The van der Waals surface area contributed by atoms with E-state index in [4.69, 9.17) is 4.74 Å². The zero-order valence-electron chi connectivity index (χ0n) is 9.33. The van der Waals surface area contributed by atoms with Gasteiger partial charge in [-0.05, 0) is 27.7 Å². The second kappa shape index (κ2) is 5.97. The molecule has 0 radical (unpaired) electrons. The first-order valence-corrected chi connectivity index (χ1v) is 4.84. The summed E-state index contributed by atoms with van der Waals surface area (Å²) in [5, 5.41) is 0. The molecule has 0 aromatic carbocycles. The van der Waals surface area contributed by atoms with Crippen molar-refractivity contribution in [3.05, 3.63) is 0 Å². The molecule has 0 aliphatic heterocycles. The van der Waals surface area contributed by atoms with Crippen molar-refractivity contribution in [1.29, 1.82) is 0 Å². The molecular weight excluding hydrogens is 166 g/mol. The minimum Gasteiger partial charge on any atom is -0.465 e. The Hall–Kier alpha value is -0.570. The van der Waals surface area contributed by atoms with Gasteiger partial charge in [0.25, 0.3) is 0 Å². The highest BCUT2D eigenvalue weighted by Gasteiger charge is 2.12. The van der Waals surface area contributed by atoms with Crippen molar-refractivity contribution in [2.45, 2.75) is 46.7 Å². The second-order valence-electron chi connectivity index (χ2n) is 3.77. The van der Waals surface area contributed by atoms with Gasteiger partial charge in [-0.25, -0.2) is 0 Å². The summed E-state index contributed by atoms with van der Waals surface area (Å²) >= 11 is 0. The molecule has 0 amide bonds. The largest absolute Gasteiger partial charge is 0.465 e. The number of hydrogen-bond acceptors (Lipinski definition) is 3. The van der Waals surface area contributed by atoms with Crippen molar-refractivity contribution < 1.29 is 9.53 Å². The van der Waals surface area contributed by atoms with Crippen molar-refractivity contribution in [2.24, 2.45) is 0 Å². The van der Waals surface area contributed by atoms with Crippen LogP contribution in [0.15, 0.2) is 0 Å². The van der Waals surface area contributed by atoms with Crippen LogP contribution in [-0.4, -0.2) is 36.1 Å². The maximum Gasteiger partial charge on any atom is 0.302 e. The van der Waals surface area contributed by atoms with Crippen molar-refractivity contribution >= 4 is 5.97 Å². The molecule has 0 atom stereocenters. The van der Waals surface area contributed by atoms with Crippen molar-refractivity contribution in [1.82, 2.24) is 4.90 Å². The van der Waals surface area contributed by atoms with Gasteiger partial charge < -0.3 is 4.74 Å². The minimum absolute atomic E-state index is 0.201. The molecule has 0 aliphatic rings. The van der Waals surface area contributed by atoms with Crippen LogP contribution in [0.2, 0.25) is 0 Å². The Balaban J connectivity index is 3.77. The lowest BCUT2D eigenvalue weighted by molar-refractivity contribution is -0.141. The molecule has 0 rings (SSSR count). The summed E-state index contributed by atoms with van der Waals surface area (Å²) in [4.78, 5) is 12.8. The number of nitrogens with zero attached hydrogens (tertiary/aromatic N) is 1. The number of carbonyl (C=O) groups excluding carboxylic acids is 1. The molecular formula is C10H21NO2. The van der Waals surface area contributed by atoms with Crippen molar-refractivity contribution in [3.63, 3.8) is 0 Å². The van der Waals surface area contributed by atoms with E-state index in [1.165, 1.54) is 6.92 Å². The number of rotatable bonds is 5. The summed E-state index contributed by atoms with van der Waals surface area (Å²) in [5.74, 6) is -0.201. The van der Waals surface area contributed by atoms with Gasteiger partial charge >= 0.3 is 5.97 Å². The third-order valence-electron chi connectivity index (χ3n) is 1.98. The lowest BCUT2D eigenvalue weighted by Gasteiger charge is -2.29. The quantitative estimate of drug-likeness (QED) is 0.613. The molecule has 0 heterocycles. The molecule has 0 aromatic heterocycles. The Morgan fingerprint density at radius 2 is 1.69 bits per heavy atom. The van der Waals surface area contributed by atoms with E-state index >= 15 is 0 Å². The molecule has 3 nitrogen and oxygen atoms in total. The summed E-state index contributed by atoms with van der Waals surface area (Å²) in [7, 11) is 0. The predicted octanol–water partition coefficient (Wildman–Crippen LogP) is 1.67. The molecule has 0 fully saturated rings. The first-order chi connectivity index (χ1) is 5.95. The lowest BCUT2D eigenvalue weighted by atomic mass is 10.2. The normalized spacial score (nSPS) is 11.4. The van der Waals surface area contributed by atoms with E-state index < -0.39 is 0 Å². The van der Waals surface area contributed by atoms with E-state index in [0.717, 1.165) is 6.54 Å². The fourth-order valence-corrected chi connectivity index (χ4v) is 1.41. The zero-order chi connectivity index (χ0) is 10.4. The van der Waals surface area contributed by atoms with E-state index in [1.54, 1.807) is 0 Å². The van der Waals surface area contributed by atoms with E-state index in [2.05, 4.69) is 32.6 Å². The van der Waals surface area contributed by atoms with Crippen molar-refractivity contribution in [3.8, 4) is 0 Å². The summed E-state index contributed by atoms with van der Waals surface area (Å²) in [6.07, 6.45) is 0. The Labute approximate surface area is 81.1 Å². The van der Waals surface area contributed by atoms with E-state index in [9.17, 15) is 4.79 Å². The Morgan fingerprint density at radius 1 is 1.23 bits per heavy atom. The molecule has 0 N–H and O–H groups in total. The van der Waals surface area contributed by atoms with Gasteiger partial charge in [0, 0.05) is 25.6 Å². The molecule has 0 aliphatic carbocycles. The average molecular weight is 187 g/mol. The molecule has 0 aromatic rings. The van der Waals surface area contributed by atoms with Crippen LogP contribution in [0.3, 0.4) is 0 Å². The minimum atomic E-state index is -0.201. The molecule has 0 unspecified atom stereocenters. The summed E-state index contributed by atoms with van der Waals surface area (Å²) < 4.78 is 4.89. The fraction of sp³-hybridized carbons (Fsp3) is 0.900. The van der Waals surface area contributed by atoms with Crippen LogP contribution in [0.1, 0.15) is 34.6 Å². The highest BCUT2D eigenvalue weighted by molar-refractivity contribution is 5.65. The van der Waals surface area contributed by atoms with Crippen LogP contribution in [0.25, 0.3) is 0 Å². The van der Waals surface area contributed by atoms with E-state index in [0.29, 0.717) is 18.7 Å². The molecule has 0 bridgehead atoms. The first kappa shape index (κ1) is 12.4. The summed E-state index contributed by atoms with van der Waals surface area (Å²) in [5.41, 5.74) is 0. The Kier molecular flexibility index (Phi) is 5.71. The van der Waals surface area contributed by atoms with Crippen LogP contribution in [-0.2, 0) is 9.53 Å². The SMILES string of the molecule is CC(=O)OCCN(C(C)C)C(C)C. The van der Waals surface area contributed by atoms with Gasteiger partial charge in [-0.1, -0.05) is 0 Å². The van der Waals surface area contributed by atoms with Gasteiger partial charge in [-0.3, -0.25) is 9.69 Å². The smallest absolute Gasteiger partial charge is 0.302 e. The highest BCUT2D eigenvalue weighted by atomic mass is 16.5. The predicted molar refractivity (Wildman–Crippen MR) is 53.6 cm³/mol. The van der Waals surface area contributed by atoms with Crippen LogP contribution in [0.5, 0.6) is 0 Å². The third kappa shape index (κ3) is 5.64. The maximum atomic E-state index is 10.5. The van der Waals surface area contributed by atoms with Gasteiger partial charge in [0.05, 0.1) is 0 Å². The molecule has 3 heteroatoms. The van der Waals surface area contributed by atoms with Gasteiger partial charge in [-0.2, -0.15) is 0 Å². The van der Waals surface area contributed by atoms with Crippen LogP contribution >= 0.6 is 0 Å². The first-order valence-electron chi connectivity index (χ1n) is 4.84. The Bertz CT molecular complexity index is 147. The fourth-order valence-electron chi connectivity index (χ4n) is 1.41.